The highest BCUT2D eigenvalue weighted by Gasteiger charge is 2.26. The van der Waals surface area contributed by atoms with E-state index in [0.717, 1.165) is 35.8 Å². The number of carbonyl (C=O) groups excluding carboxylic acids is 1. The standard InChI is InChI=1S/C19H23N3OS/c1-13-11-18(21-14(2)20-13)24-12-19(23)22(3)17-10-6-8-15-7-4-5-9-16(15)17/h4-5,7,9,11,17H,6,8,10,12H2,1-3H3. The van der Waals surface area contributed by atoms with Crippen molar-refractivity contribution in [1.82, 2.24) is 14.9 Å². The third kappa shape index (κ3) is 3.78. The SMILES string of the molecule is Cc1cc(SCC(=O)N(C)C2CCCc3ccccc32)nc(C)n1. The van der Waals surface area contributed by atoms with Crippen molar-refractivity contribution in [3.05, 3.63) is 53.0 Å². The van der Waals surface area contributed by atoms with Crippen LogP contribution in [0.25, 0.3) is 0 Å². The molecule has 0 radical (unpaired) electrons. The smallest absolute Gasteiger partial charge is 0.233 e. The van der Waals surface area contributed by atoms with Crippen LogP contribution in [0.1, 0.15) is 41.5 Å². The summed E-state index contributed by atoms with van der Waals surface area (Å²) in [7, 11) is 1.92. The van der Waals surface area contributed by atoms with Gasteiger partial charge in [0.15, 0.2) is 0 Å². The number of carbonyl (C=O) groups is 1. The second-order valence-corrected chi connectivity index (χ2v) is 7.29. The van der Waals surface area contributed by atoms with E-state index in [-0.39, 0.29) is 11.9 Å². The average molecular weight is 341 g/mol. The maximum Gasteiger partial charge on any atom is 0.233 e. The van der Waals surface area contributed by atoms with E-state index in [9.17, 15) is 4.79 Å². The molecule has 0 N–H and O–H groups in total. The van der Waals surface area contributed by atoms with E-state index in [0.29, 0.717) is 5.75 Å². The molecule has 0 fully saturated rings. The number of nitrogens with zero attached hydrogens (tertiary/aromatic N) is 3. The highest BCUT2D eigenvalue weighted by atomic mass is 32.2. The van der Waals surface area contributed by atoms with Crippen molar-refractivity contribution in [2.45, 2.75) is 44.2 Å². The molecular formula is C19H23N3OS. The van der Waals surface area contributed by atoms with Crippen LogP contribution in [0.2, 0.25) is 0 Å². The monoisotopic (exact) mass is 341 g/mol. The van der Waals surface area contributed by atoms with Gasteiger partial charge in [0.25, 0.3) is 0 Å². The van der Waals surface area contributed by atoms with Crippen LogP contribution in [-0.4, -0.2) is 33.6 Å². The van der Waals surface area contributed by atoms with Crippen molar-refractivity contribution in [1.29, 1.82) is 0 Å². The van der Waals surface area contributed by atoms with E-state index < -0.39 is 0 Å². The minimum Gasteiger partial charge on any atom is -0.338 e. The zero-order valence-corrected chi connectivity index (χ0v) is 15.3. The van der Waals surface area contributed by atoms with Crippen LogP contribution in [-0.2, 0) is 11.2 Å². The van der Waals surface area contributed by atoms with Crippen LogP contribution in [0, 0.1) is 13.8 Å². The summed E-state index contributed by atoms with van der Waals surface area (Å²) in [5, 5.41) is 0.866. The Bertz CT molecular complexity index is 727. The summed E-state index contributed by atoms with van der Waals surface area (Å²) in [5.41, 5.74) is 3.62. The molecule has 4 nitrogen and oxygen atoms in total. The van der Waals surface area contributed by atoms with Crippen LogP contribution < -0.4 is 0 Å². The van der Waals surface area contributed by atoms with Gasteiger partial charge in [0.05, 0.1) is 11.8 Å². The topological polar surface area (TPSA) is 46.1 Å². The molecule has 2 aromatic rings. The number of hydrogen-bond donors (Lipinski definition) is 0. The number of hydrogen-bond acceptors (Lipinski definition) is 4. The first-order valence-corrected chi connectivity index (χ1v) is 9.31. The Morgan fingerprint density at radius 1 is 1.29 bits per heavy atom. The van der Waals surface area contributed by atoms with E-state index in [1.54, 1.807) is 0 Å². The Morgan fingerprint density at radius 2 is 2.08 bits per heavy atom. The van der Waals surface area contributed by atoms with Crippen LogP contribution in [0.5, 0.6) is 0 Å². The van der Waals surface area contributed by atoms with Gasteiger partial charge in [0.1, 0.15) is 10.9 Å². The van der Waals surface area contributed by atoms with Crippen molar-refractivity contribution in [3.8, 4) is 0 Å². The average Bonchev–Trinajstić information content (AvgIpc) is 2.57. The van der Waals surface area contributed by atoms with Gasteiger partial charge >= 0.3 is 0 Å². The van der Waals surface area contributed by atoms with E-state index in [2.05, 4.69) is 34.2 Å². The number of aryl methyl sites for hydroxylation is 3. The van der Waals surface area contributed by atoms with Gasteiger partial charge in [-0.05, 0) is 50.3 Å². The minimum absolute atomic E-state index is 0.149. The molecule has 1 aliphatic rings. The fraction of sp³-hybridized carbons (Fsp3) is 0.421. The molecule has 24 heavy (non-hydrogen) atoms. The number of rotatable bonds is 4. The van der Waals surface area contributed by atoms with E-state index in [1.807, 2.05) is 31.9 Å². The molecular weight excluding hydrogens is 318 g/mol. The molecule has 0 saturated carbocycles. The van der Waals surface area contributed by atoms with Gasteiger partial charge < -0.3 is 4.90 Å². The Labute approximate surface area is 147 Å². The molecule has 126 valence electrons. The quantitative estimate of drug-likeness (QED) is 0.628. The number of fused-ring (bicyclic) bond motifs is 1. The van der Waals surface area contributed by atoms with Crippen LogP contribution in [0.15, 0.2) is 35.4 Å². The van der Waals surface area contributed by atoms with Crippen molar-refractivity contribution < 1.29 is 4.79 Å². The van der Waals surface area contributed by atoms with Gasteiger partial charge in [-0.3, -0.25) is 4.79 Å². The third-order valence-corrected chi connectivity index (χ3v) is 5.38. The molecule has 1 amide bonds. The lowest BCUT2D eigenvalue weighted by Gasteiger charge is -2.33. The molecule has 1 unspecified atom stereocenters. The molecule has 1 atom stereocenters. The van der Waals surface area contributed by atoms with E-state index >= 15 is 0 Å². The zero-order chi connectivity index (χ0) is 17.1. The first-order chi connectivity index (χ1) is 11.5. The van der Waals surface area contributed by atoms with E-state index in [4.69, 9.17) is 0 Å². The number of aromatic nitrogens is 2. The lowest BCUT2D eigenvalue weighted by atomic mass is 9.87. The summed E-state index contributed by atoms with van der Waals surface area (Å²) in [6.45, 7) is 3.83. The van der Waals surface area contributed by atoms with Gasteiger partial charge in [-0.1, -0.05) is 36.0 Å². The Balaban J connectivity index is 1.67. The lowest BCUT2D eigenvalue weighted by Crippen LogP contribution is -2.34. The molecule has 5 heteroatoms. The van der Waals surface area contributed by atoms with Gasteiger partial charge in [0, 0.05) is 12.7 Å². The molecule has 1 aliphatic carbocycles. The first kappa shape index (κ1) is 17.0. The van der Waals surface area contributed by atoms with Crippen molar-refractivity contribution in [2.75, 3.05) is 12.8 Å². The molecule has 0 spiro atoms. The largest absolute Gasteiger partial charge is 0.338 e. The van der Waals surface area contributed by atoms with Gasteiger partial charge in [-0.2, -0.15) is 0 Å². The maximum atomic E-state index is 12.7. The number of thioether (sulfide) groups is 1. The molecule has 1 heterocycles. The summed E-state index contributed by atoms with van der Waals surface area (Å²) in [4.78, 5) is 23.2. The second-order valence-electron chi connectivity index (χ2n) is 6.29. The highest BCUT2D eigenvalue weighted by molar-refractivity contribution is 7.99. The van der Waals surface area contributed by atoms with Crippen molar-refractivity contribution in [3.63, 3.8) is 0 Å². The Hall–Kier alpha value is -1.88. The van der Waals surface area contributed by atoms with Gasteiger partial charge in [0.2, 0.25) is 5.91 Å². The summed E-state index contributed by atoms with van der Waals surface area (Å²) >= 11 is 1.49. The van der Waals surface area contributed by atoms with Crippen LogP contribution in [0.3, 0.4) is 0 Å². The van der Waals surface area contributed by atoms with Gasteiger partial charge in [-0.15, -0.1) is 0 Å². The normalized spacial score (nSPS) is 16.5. The Morgan fingerprint density at radius 3 is 2.88 bits per heavy atom. The molecule has 3 rings (SSSR count). The molecule has 0 aliphatic heterocycles. The predicted molar refractivity (Wildman–Crippen MR) is 97.1 cm³/mol. The van der Waals surface area contributed by atoms with E-state index in [1.165, 1.54) is 22.9 Å². The second kappa shape index (κ2) is 7.34. The molecule has 1 aromatic heterocycles. The first-order valence-electron chi connectivity index (χ1n) is 8.33. The predicted octanol–water partition coefficient (Wildman–Crippen LogP) is 3.72. The fourth-order valence-electron chi connectivity index (χ4n) is 3.30. The molecule has 0 bridgehead atoms. The zero-order valence-electron chi connectivity index (χ0n) is 14.5. The number of amides is 1. The summed E-state index contributed by atoms with van der Waals surface area (Å²) in [6.07, 6.45) is 3.29. The third-order valence-electron chi connectivity index (χ3n) is 4.48. The summed E-state index contributed by atoms with van der Waals surface area (Å²) in [5.74, 6) is 1.31. The fourth-order valence-corrected chi connectivity index (χ4v) is 4.22. The highest BCUT2D eigenvalue weighted by Crippen LogP contribution is 2.33. The van der Waals surface area contributed by atoms with Crippen molar-refractivity contribution >= 4 is 17.7 Å². The van der Waals surface area contributed by atoms with Gasteiger partial charge in [-0.25, -0.2) is 9.97 Å². The lowest BCUT2D eigenvalue weighted by molar-refractivity contribution is -0.129. The Kier molecular flexibility index (Phi) is 5.19. The van der Waals surface area contributed by atoms with Crippen LogP contribution >= 0.6 is 11.8 Å². The van der Waals surface area contributed by atoms with Crippen molar-refractivity contribution in [2.24, 2.45) is 0 Å². The summed E-state index contributed by atoms with van der Waals surface area (Å²) in [6, 6.07) is 10.6. The molecule has 0 saturated heterocycles. The maximum absolute atomic E-state index is 12.7. The van der Waals surface area contributed by atoms with Crippen LogP contribution in [0.4, 0.5) is 0 Å². The minimum atomic E-state index is 0.149. The summed E-state index contributed by atoms with van der Waals surface area (Å²) < 4.78 is 0. The molecule has 1 aromatic carbocycles. The number of benzene rings is 1.